The maximum absolute atomic E-state index is 13.7. The summed E-state index contributed by atoms with van der Waals surface area (Å²) in [6.45, 7) is 1.82. The lowest BCUT2D eigenvalue weighted by Crippen LogP contribution is -2.56. The van der Waals surface area contributed by atoms with Crippen molar-refractivity contribution >= 4 is 23.2 Å². The average molecular weight is 439 g/mol. The van der Waals surface area contributed by atoms with Crippen LogP contribution in [0.5, 0.6) is 17.2 Å². The molecule has 158 valence electrons. The first-order chi connectivity index (χ1) is 14.9. The van der Waals surface area contributed by atoms with Gasteiger partial charge in [-0.2, -0.15) is 5.10 Å². The summed E-state index contributed by atoms with van der Waals surface area (Å²) in [6, 6.07) is 11.1. The second-order valence-electron chi connectivity index (χ2n) is 7.65. The van der Waals surface area contributed by atoms with Crippen LogP contribution in [0.15, 0.2) is 42.6 Å². The molecule has 2 aliphatic rings. The fourth-order valence-electron chi connectivity index (χ4n) is 4.48. The number of para-hydroxylation sites is 1. The molecule has 5 rings (SSSR count). The van der Waals surface area contributed by atoms with Crippen LogP contribution in [0.4, 0.5) is 0 Å². The van der Waals surface area contributed by atoms with Crippen molar-refractivity contribution in [2.45, 2.75) is 18.9 Å². The summed E-state index contributed by atoms with van der Waals surface area (Å²) in [5, 5.41) is 4.55. The van der Waals surface area contributed by atoms with E-state index in [1.807, 2.05) is 37.3 Å². The highest BCUT2D eigenvalue weighted by Gasteiger charge is 2.62. The molecule has 1 spiro atoms. The Morgan fingerprint density at radius 1 is 1.13 bits per heavy atom. The SMILES string of the molecule is COc1cc(OC)c2c(c1Cl)O[C@@]1(C(=O)c3cnn(-c4ccccc4)c3C[C@H]1C)C2=O. The molecule has 0 saturated carbocycles. The van der Waals surface area contributed by atoms with Crippen LogP contribution in [0.25, 0.3) is 5.69 Å². The second-order valence-corrected chi connectivity index (χ2v) is 8.03. The van der Waals surface area contributed by atoms with Crippen LogP contribution in [0.3, 0.4) is 0 Å². The standard InChI is InChI=1S/C23H19ClN2O5/c1-12-9-15-14(11-25-26(15)13-7-5-4-6-8-13)21(27)23(12)22(28)18-16(29-2)10-17(30-3)19(24)20(18)31-23/h4-8,10-12H,9H2,1-3H3/t12-,23+/m1/s1. The zero-order valence-electron chi connectivity index (χ0n) is 17.1. The lowest BCUT2D eigenvalue weighted by Gasteiger charge is -2.35. The fraction of sp³-hybridized carbons (Fsp3) is 0.261. The summed E-state index contributed by atoms with van der Waals surface area (Å²) in [5.74, 6) is -0.680. The van der Waals surface area contributed by atoms with Gasteiger partial charge in [-0.05, 0) is 18.6 Å². The number of halogens is 1. The quantitative estimate of drug-likeness (QED) is 0.576. The Balaban J connectivity index is 1.65. The zero-order valence-corrected chi connectivity index (χ0v) is 17.9. The Kier molecular flexibility index (Phi) is 4.34. The summed E-state index contributed by atoms with van der Waals surface area (Å²) >= 11 is 6.45. The molecule has 2 heterocycles. The van der Waals surface area contributed by atoms with Crippen molar-refractivity contribution < 1.29 is 23.8 Å². The maximum Gasteiger partial charge on any atom is 0.237 e. The van der Waals surface area contributed by atoms with Gasteiger partial charge in [0.05, 0.1) is 37.4 Å². The van der Waals surface area contributed by atoms with Crippen LogP contribution in [-0.2, 0) is 6.42 Å². The summed E-state index contributed by atoms with van der Waals surface area (Å²) in [5.41, 5.74) is 0.398. The van der Waals surface area contributed by atoms with Gasteiger partial charge in [-0.25, -0.2) is 4.68 Å². The number of hydrogen-bond acceptors (Lipinski definition) is 6. The van der Waals surface area contributed by atoms with E-state index in [1.54, 1.807) is 4.68 Å². The summed E-state index contributed by atoms with van der Waals surface area (Å²) in [4.78, 5) is 27.4. The molecule has 0 fully saturated rings. The number of aromatic nitrogens is 2. The van der Waals surface area contributed by atoms with E-state index in [1.165, 1.54) is 26.5 Å². The number of carbonyl (C=O) groups is 2. The minimum atomic E-state index is -1.72. The van der Waals surface area contributed by atoms with E-state index < -0.39 is 23.1 Å². The number of methoxy groups -OCH3 is 2. The molecule has 1 aliphatic heterocycles. The van der Waals surface area contributed by atoms with Gasteiger partial charge in [-0.15, -0.1) is 0 Å². The van der Waals surface area contributed by atoms with Crippen LogP contribution in [0.1, 0.15) is 33.3 Å². The van der Waals surface area contributed by atoms with Crippen molar-refractivity contribution in [1.29, 1.82) is 0 Å². The molecule has 0 unspecified atom stereocenters. The number of nitrogens with zero attached hydrogens (tertiary/aromatic N) is 2. The molecular weight excluding hydrogens is 420 g/mol. The Hall–Kier alpha value is -3.32. The molecule has 8 heteroatoms. The minimum Gasteiger partial charge on any atom is -0.496 e. The van der Waals surface area contributed by atoms with E-state index in [4.69, 9.17) is 25.8 Å². The Morgan fingerprint density at radius 2 is 1.84 bits per heavy atom. The third kappa shape index (κ3) is 2.50. The molecule has 0 amide bonds. The highest BCUT2D eigenvalue weighted by Crippen LogP contribution is 2.53. The number of ketones is 2. The number of hydrogen-bond donors (Lipinski definition) is 0. The van der Waals surface area contributed by atoms with Crippen molar-refractivity contribution in [3.63, 3.8) is 0 Å². The molecule has 1 aromatic heterocycles. The van der Waals surface area contributed by atoms with Crippen molar-refractivity contribution in [3.05, 3.63) is 64.4 Å². The van der Waals surface area contributed by atoms with Gasteiger partial charge in [-0.1, -0.05) is 36.7 Å². The van der Waals surface area contributed by atoms with E-state index >= 15 is 0 Å². The summed E-state index contributed by atoms with van der Waals surface area (Å²) in [6.07, 6.45) is 1.92. The van der Waals surface area contributed by atoms with E-state index in [2.05, 4.69) is 5.10 Å². The van der Waals surface area contributed by atoms with E-state index in [9.17, 15) is 9.59 Å². The van der Waals surface area contributed by atoms with Crippen molar-refractivity contribution in [3.8, 4) is 22.9 Å². The van der Waals surface area contributed by atoms with E-state index in [0.717, 1.165) is 11.4 Å². The van der Waals surface area contributed by atoms with Crippen LogP contribution >= 0.6 is 11.6 Å². The first-order valence-electron chi connectivity index (χ1n) is 9.79. The number of carbonyl (C=O) groups excluding carboxylic acids is 2. The predicted octanol–water partition coefficient (Wildman–Crippen LogP) is 3.93. The van der Waals surface area contributed by atoms with Gasteiger partial charge in [0.15, 0.2) is 5.75 Å². The van der Waals surface area contributed by atoms with Crippen molar-refractivity contribution in [2.24, 2.45) is 5.92 Å². The first kappa shape index (κ1) is 19.6. The van der Waals surface area contributed by atoms with Crippen LogP contribution in [0.2, 0.25) is 5.02 Å². The number of rotatable bonds is 3. The third-order valence-corrected chi connectivity index (χ3v) is 6.42. The van der Waals surface area contributed by atoms with Crippen LogP contribution < -0.4 is 14.2 Å². The molecule has 0 radical (unpaired) electrons. The minimum absolute atomic E-state index is 0.113. The number of benzene rings is 2. The van der Waals surface area contributed by atoms with Crippen LogP contribution in [0, 0.1) is 5.92 Å². The molecule has 31 heavy (non-hydrogen) atoms. The normalized spacial score (nSPS) is 21.6. The lowest BCUT2D eigenvalue weighted by atomic mass is 9.71. The van der Waals surface area contributed by atoms with Gasteiger partial charge in [-0.3, -0.25) is 9.59 Å². The zero-order chi connectivity index (χ0) is 21.9. The van der Waals surface area contributed by atoms with Crippen molar-refractivity contribution in [1.82, 2.24) is 9.78 Å². The predicted molar refractivity (Wildman–Crippen MR) is 113 cm³/mol. The third-order valence-electron chi connectivity index (χ3n) is 6.06. The highest BCUT2D eigenvalue weighted by molar-refractivity contribution is 6.36. The maximum atomic E-state index is 13.7. The first-order valence-corrected chi connectivity index (χ1v) is 10.2. The summed E-state index contributed by atoms with van der Waals surface area (Å²) < 4.78 is 18.5. The smallest absolute Gasteiger partial charge is 0.237 e. The highest BCUT2D eigenvalue weighted by atomic mass is 35.5. The topological polar surface area (TPSA) is 79.7 Å². The largest absolute Gasteiger partial charge is 0.496 e. The molecule has 7 nitrogen and oxygen atoms in total. The van der Waals surface area contributed by atoms with Gasteiger partial charge in [0, 0.05) is 12.0 Å². The Morgan fingerprint density at radius 3 is 2.52 bits per heavy atom. The Labute approximate surface area is 183 Å². The molecule has 2 aromatic carbocycles. The molecule has 0 saturated heterocycles. The lowest BCUT2D eigenvalue weighted by molar-refractivity contribution is 0.0257. The average Bonchev–Trinajstić information content (AvgIpc) is 3.34. The van der Waals surface area contributed by atoms with Gasteiger partial charge >= 0.3 is 0 Å². The van der Waals surface area contributed by atoms with E-state index in [0.29, 0.717) is 17.7 Å². The van der Waals surface area contributed by atoms with Gasteiger partial charge in [0.25, 0.3) is 0 Å². The summed E-state index contributed by atoms with van der Waals surface area (Å²) in [7, 11) is 2.90. The van der Waals surface area contributed by atoms with Gasteiger partial charge in [0.1, 0.15) is 22.1 Å². The van der Waals surface area contributed by atoms with Gasteiger partial charge in [0.2, 0.25) is 17.2 Å². The Bertz CT molecular complexity index is 1240. The molecular formula is C23H19ClN2O5. The van der Waals surface area contributed by atoms with E-state index in [-0.39, 0.29) is 22.1 Å². The number of Topliss-reactive ketones (excluding diaryl/α,β-unsaturated/α-hetero) is 2. The van der Waals surface area contributed by atoms with Crippen LogP contribution in [-0.4, -0.2) is 41.2 Å². The number of fused-ring (bicyclic) bond motifs is 2. The fourth-order valence-corrected chi connectivity index (χ4v) is 4.75. The molecule has 0 bridgehead atoms. The van der Waals surface area contributed by atoms with Crippen molar-refractivity contribution in [2.75, 3.05) is 14.2 Å². The van der Waals surface area contributed by atoms with Gasteiger partial charge < -0.3 is 14.2 Å². The second kappa shape index (κ2) is 6.85. The molecule has 1 aliphatic carbocycles. The molecule has 2 atom stereocenters. The molecule has 3 aromatic rings. The number of ether oxygens (including phenoxy) is 3. The monoisotopic (exact) mass is 438 g/mol. The molecule has 0 N–H and O–H groups in total.